The van der Waals surface area contributed by atoms with E-state index in [1.165, 1.54) is 0 Å². The van der Waals surface area contributed by atoms with Crippen molar-refractivity contribution in [3.8, 4) is 0 Å². The molecule has 9 heteroatoms. The number of benzene rings is 2. The van der Waals surface area contributed by atoms with Crippen molar-refractivity contribution in [2.24, 2.45) is 11.3 Å². The molecule has 0 bridgehead atoms. The molecular formula is C31H37Cl2NO5S. The van der Waals surface area contributed by atoms with Crippen molar-refractivity contribution in [2.75, 3.05) is 5.75 Å². The Morgan fingerprint density at radius 2 is 1.70 bits per heavy atom. The first-order chi connectivity index (χ1) is 19.0. The molecule has 2 aliphatic carbocycles. The minimum atomic E-state index is -3.46. The van der Waals surface area contributed by atoms with E-state index in [4.69, 9.17) is 23.2 Å². The molecule has 40 heavy (non-hydrogen) atoms. The number of hydrogen-bond acceptors (Lipinski definition) is 4. The average Bonchev–Trinajstić information content (AvgIpc) is 3.60. The summed E-state index contributed by atoms with van der Waals surface area (Å²) in [6.07, 6.45) is 5.19. The SMILES string of the molecule is CCC1(CC(=O)O)CC(c2cccc(Cl)c2)C(c2ccc(Cl)cc2)N(C(CS(=O)(=O)C2CCCC2)C2CC2)C1=O. The second kappa shape index (κ2) is 11.7. The van der Waals surface area contributed by atoms with Crippen LogP contribution >= 0.6 is 23.2 Å². The Morgan fingerprint density at radius 1 is 1.02 bits per heavy atom. The van der Waals surface area contributed by atoms with Gasteiger partial charge in [-0.2, -0.15) is 0 Å². The number of carbonyl (C=O) groups is 2. The van der Waals surface area contributed by atoms with Gasteiger partial charge in [0, 0.05) is 22.0 Å². The van der Waals surface area contributed by atoms with Crippen LogP contribution in [-0.4, -0.2) is 47.3 Å². The van der Waals surface area contributed by atoms with Gasteiger partial charge in [-0.05, 0) is 79.8 Å². The predicted octanol–water partition coefficient (Wildman–Crippen LogP) is 7.06. The van der Waals surface area contributed by atoms with Gasteiger partial charge in [0.1, 0.15) is 0 Å². The van der Waals surface area contributed by atoms with E-state index in [-0.39, 0.29) is 35.2 Å². The van der Waals surface area contributed by atoms with Gasteiger partial charge in [-0.1, -0.05) is 67.2 Å². The number of carbonyl (C=O) groups excluding carboxylic acids is 1. The third kappa shape index (κ3) is 5.93. The molecule has 0 spiro atoms. The number of carboxylic acids is 1. The highest BCUT2D eigenvalue weighted by Crippen LogP contribution is 2.55. The summed E-state index contributed by atoms with van der Waals surface area (Å²) < 4.78 is 27.5. The van der Waals surface area contributed by atoms with Crippen LogP contribution in [0, 0.1) is 11.3 Å². The summed E-state index contributed by atoms with van der Waals surface area (Å²) in [5.41, 5.74) is 0.597. The molecule has 0 aromatic heterocycles. The molecule has 4 atom stereocenters. The van der Waals surface area contributed by atoms with Crippen LogP contribution in [0.1, 0.15) is 87.8 Å². The highest BCUT2D eigenvalue weighted by Gasteiger charge is 2.56. The Kier molecular flexibility index (Phi) is 8.57. The summed E-state index contributed by atoms with van der Waals surface area (Å²) in [6.45, 7) is 1.86. The number of halogens is 2. The smallest absolute Gasteiger partial charge is 0.304 e. The number of hydrogen-bond donors (Lipinski definition) is 1. The lowest BCUT2D eigenvalue weighted by Crippen LogP contribution is -2.59. The second-order valence-electron chi connectivity index (χ2n) is 11.9. The molecule has 1 N–H and O–H groups in total. The van der Waals surface area contributed by atoms with Crippen LogP contribution in [-0.2, 0) is 19.4 Å². The third-order valence-corrected chi connectivity index (χ3v) is 12.2. The van der Waals surface area contributed by atoms with E-state index >= 15 is 0 Å². The van der Waals surface area contributed by atoms with E-state index in [1.807, 2.05) is 37.3 Å². The fraction of sp³-hybridized carbons (Fsp3) is 0.548. The Labute approximate surface area is 247 Å². The van der Waals surface area contributed by atoms with Crippen LogP contribution in [0.4, 0.5) is 0 Å². The standard InChI is InChI=1S/C31H37Cl2NO5S/c1-2-31(18-28(35)36)17-26(22-6-5-7-24(33)16-22)29(21-12-14-23(32)15-13-21)34(30(31)37)27(20-10-11-20)19-40(38,39)25-8-3-4-9-25/h5-7,12-16,20,25-27,29H,2-4,8-11,17-19H2,1H3,(H,35,36). The van der Waals surface area contributed by atoms with Crippen molar-refractivity contribution in [1.29, 1.82) is 0 Å². The molecule has 2 aromatic carbocycles. The summed E-state index contributed by atoms with van der Waals surface area (Å²) in [4.78, 5) is 28.7. The number of likely N-dealkylation sites (tertiary alicyclic amines) is 1. The fourth-order valence-electron chi connectivity index (χ4n) is 7.06. The van der Waals surface area contributed by atoms with E-state index in [2.05, 4.69) is 0 Å². The van der Waals surface area contributed by atoms with Crippen LogP contribution in [0.25, 0.3) is 0 Å². The molecule has 2 aromatic rings. The molecule has 1 heterocycles. The molecule has 216 valence electrons. The fourth-order valence-corrected chi connectivity index (χ4v) is 9.62. The first-order valence-corrected chi connectivity index (χ1v) is 16.8. The first kappa shape index (κ1) is 29.4. The lowest BCUT2D eigenvalue weighted by atomic mass is 9.65. The summed E-state index contributed by atoms with van der Waals surface area (Å²) in [6, 6.07) is 13.9. The predicted molar refractivity (Wildman–Crippen MR) is 157 cm³/mol. The second-order valence-corrected chi connectivity index (χ2v) is 15.1. The van der Waals surface area contributed by atoms with Gasteiger partial charge in [0.2, 0.25) is 5.91 Å². The summed E-state index contributed by atoms with van der Waals surface area (Å²) in [5.74, 6) is -1.60. The maximum Gasteiger partial charge on any atom is 0.304 e. The van der Waals surface area contributed by atoms with E-state index in [0.717, 1.165) is 36.8 Å². The van der Waals surface area contributed by atoms with Gasteiger partial charge >= 0.3 is 5.97 Å². The molecule has 5 rings (SSSR count). The van der Waals surface area contributed by atoms with Crippen molar-refractivity contribution >= 4 is 44.9 Å². The number of piperidine rings is 1. The van der Waals surface area contributed by atoms with Gasteiger partial charge in [-0.25, -0.2) is 8.42 Å². The normalized spacial score (nSPS) is 26.7. The number of rotatable bonds is 10. The number of sulfone groups is 1. The van der Waals surface area contributed by atoms with Crippen molar-refractivity contribution < 1.29 is 23.1 Å². The van der Waals surface area contributed by atoms with Crippen LogP contribution in [0.2, 0.25) is 10.0 Å². The lowest BCUT2D eigenvalue weighted by Gasteiger charge is -2.53. The van der Waals surface area contributed by atoms with Gasteiger partial charge in [-0.3, -0.25) is 9.59 Å². The van der Waals surface area contributed by atoms with E-state index in [0.29, 0.717) is 35.7 Å². The third-order valence-electron chi connectivity index (χ3n) is 9.37. The van der Waals surface area contributed by atoms with Crippen LogP contribution in [0.3, 0.4) is 0 Å². The van der Waals surface area contributed by atoms with E-state index in [9.17, 15) is 23.1 Å². The van der Waals surface area contributed by atoms with Gasteiger partial charge in [0.15, 0.2) is 9.84 Å². The number of carboxylic acid groups (broad SMARTS) is 1. The molecule has 6 nitrogen and oxygen atoms in total. The molecule has 0 radical (unpaired) electrons. The first-order valence-electron chi connectivity index (χ1n) is 14.3. The molecule has 2 saturated carbocycles. The quantitative estimate of drug-likeness (QED) is 0.313. The van der Waals surface area contributed by atoms with Gasteiger partial charge < -0.3 is 10.0 Å². The maximum atomic E-state index is 14.7. The van der Waals surface area contributed by atoms with Gasteiger partial charge in [0.25, 0.3) is 0 Å². The Balaban J connectivity index is 1.69. The van der Waals surface area contributed by atoms with Crippen LogP contribution in [0.15, 0.2) is 48.5 Å². The average molecular weight is 607 g/mol. The highest BCUT2D eigenvalue weighted by atomic mass is 35.5. The molecule has 1 aliphatic heterocycles. The molecule has 1 amide bonds. The molecule has 4 unspecified atom stereocenters. The van der Waals surface area contributed by atoms with Crippen LogP contribution in [0.5, 0.6) is 0 Å². The zero-order valence-electron chi connectivity index (χ0n) is 22.8. The minimum Gasteiger partial charge on any atom is -0.481 e. The lowest BCUT2D eigenvalue weighted by molar-refractivity contribution is -0.162. The zero-order valence-corrected chi connectivity index (χ0v) is 25.1. The molecular weight excluding hydrogens is 569 g/mol. The van der Waals surface area contributed by atoms with Crippen molar-refractivity contribution in [3.05, 3.63) is 69.7 Å². The number of nitrogens with zero attached hydrogens (tertiary/aromatic N) is 1. The molecule has 1 saturated heterocycles. The van der Waals surface area contributed by atoms with Crippen molar-refractivity contribution in [1.82, 2.24) is 4.90 Å². The molecule has 3 fully saturated rings. The van der Waals surface area contributed by atoms with Crippen molar-refractivity contribution in [3.63, 3.8) is 0 Å². The largest absolute Gasteiger partial charge is 0.481 e. The van der Waals surface area contributed by atoms with E-state index in [1.54, 1.807) is 23.1 Å². The zero-order chi connectivity index (χ0) is 28.7. The monoisotopic (exact) mass is 605 g/mol. The Hall–Kier alpha value is -2.09. The Morgan fingerprint density at radius 3 is 2.27 bits per heavy atom. The summed E-state index contributed by atoms with van der Waals surface area (Å²) in [7, 11) is -3.46. The van der Waals surface area contributed by atoms with E-state index < -0.39 is 33.3 Å². The number of aliphatic carboxylic acids is 1. The van der Waals surface area contributed by atoms with Crippen LogP contribution < -0.4 is 0 Å². The highest BCUT2D eigenvalue weighted by molar-refractivity contribution is 7.92. The molecule has 3 aliphatic rings. The topological polar surface area (TPSA) is 91.8 Å². The number of amides is 1. The summed E-state index contributed by atoms with van der Waals surface area (Å²) >= 11 is 12.7. The Bertz CT molecular complexity index is 1350. The minimum absolute atomic E-state index is 0.0624. The summed E-state index contributed by atoms with van der Waals surface area (Å²) in [5, 5.41) is 10.7. The maximum absolute atomic E-state index is 14.7. The van der Waals surface area contributed by atoms with Gasteiger partial charge in [0.05, 0.1) is 28.9 Å². The van der Waals surface area contributed by atoms with Gasteiger partial charge in [-0.15, -0.1) is 0 Å². The van der Waals surface area contributed by atoms with Crippen molar-refractivity contribution in [2.45, 2.75) is 88.0 Å².